The molecule has 2 aromatic rings. The highest BCUT2D eigenvalue weighted by atomic mass is 32.2. The maximum absolute atomic E-state index is 13.2. The van der Waals surface area contributed by atoms with Crippen molar-refractivity contribution < 1.29 is 14.3 Å². The Hall–Kier alpha value is -2.47. The fourth-order valence-corrected chi connectivity index (χ4v) is 3.98. The molecule has 0 bridgehead atoms. The Kier molecular flexibility index (Phi) is 5.83. The first-order chi connectivity index (χ1) is 12.6. The normalized spacial score (nSPS) is 16.4. The Morgan fingerprint density at radius 3 is 2.85 bits per heavy atom. The highest BCUT2D eigenvalue weighted by Crippen LogP contribution is 2.37. The predicted molar refractivity (Wildman–Crippen MR) is 105 cm³/mol. The number of nitrogens with zero attached hydrogens (tertiary/aromatic N) is 1. The largest absolute Gasteiger partial charge is 0.450 e. The summed E-state index contributed by atoms with van der Waals surface area (Å²) in [5, 5.41) is 3.09. The Morgan fingerprint density at radius 1 is 1.23 bits per heavy atom. The van der Waals surface area contributed by atoms with Crippen LogP contribution in [0.1, 0.15) is 30.6 Å². The van der Waals surface area contributed by atoms with E-state index in [1.165, 1.54) is 0 Å². The van der Waals surface area contributed by atoms with Crippen molar-refractivity contribution in [1.82, 2.24) is 0 Å². The fraction of sp³-hybridized carbons (Fsp3) is 0.300. The summed E-state index contributed by atoms with van der Waals surface area (Å²) in [5.74, 6) is -0.0698. The van der Waals surface area contributed by atoms with E-state index in [-0.39, 0.29) is 5.91 Å². The summed E-state index contributed by atoms with van der Waals surface area (Å²) >= 11 is 1.80. The van der Waals surface area contributed by atoms with E-state index < -0.39 is 6.09 Å². The minimum absolute atomic E-state index is 0.0698. The second-order valence-corrected chi connectivity index (χ2v) is 7.55. The lowest BCUT2D eigenvalue weighted by molar-refractivity contribution is 0.0986. The summed E-state index contributed by atoms with van der Waals surface area (Å²) in [5.41, 5.74) is 2.02. The summed E-state index contributed by atoms with van der Waals surface area (Å²) in [6.07, 6.45) is 0.397. The number of rotatable bonds is 3. The zero-order chi connectivity index (χ0) is 18.5. The van der Waals surface area contributed by atoms with Crippen molar-refractivity contribution >= 4 is 35.1 Å². The lowest BCUT2D eigenvalue weighted by Gasteiger charge is -2.23. The summed E-state index contributed by atoms with van der Waals surface area (Å²) in [4.78, 5) is 27.7. The topological polar surface area (TPSA) is 58.6 Å². The van der Waals surface area contributed by atoms with Gasteiger partial charge in [0.25, 0.3) is 5.91 Å². The van der Waals surface area contributed by atoms with Crippen LogP contribution in [-0.4, -0.2) is 30.4 Å². The maximum Gasteiger partial charge on any atom is 0.411 e. The number of fused-ring (bicyclic) bond motifs is 1. The van der Waals surface area contributed by atoms with Crippen LogP contribution < -0.4 is 10.2 Å². The van der Waals surface area contributed by atoms with Crippen molar-refractivity contribution in [2.24, 2.45) is 0 Å². The number of benzene rings is 2. The molecule has 1 unspecified atom stereocenters. The summed E-state index contributed by atoms with van der Waals surface area (Å²) in [6, 6.07) is 14.9. The van der Waals surface area contributed by atoms with E-state index in [0.29, 0.717) is 29.7 Å². The molecule has 26 heavy (non-hydrogen) atoms. The minimum atomic E-state index is -0.526. The number of hydrogen-bond acceptors (Lipinski definition) is 4. The van der Waals surface area contributed by atoms with Gasteiger partial charge >= 0.3 is 6.09 Å². The van der Waals surface area contributed by atoms with Crippen molar-refractivity contribution in [1.29, 1.82) is 0 Å². The van der Waals surface area contributed by atoms with E-state index in [9.17, 15) is 9.59 Å². The molecule has 0 aromatic heterocycles. The van der Waals surface area contributed by atoms with E-state index in [1.807, 2.05) is 23.1 Å². The van der Waals surface area contributed by atoms with Crippen molar-refractivity contribution in [3.63, 3.8) is 0 Å². The van der Waals surface area contributed by atoms with Crippen LogP contribution in [0.3, 0.4) is 0 Å². The van der Waals surface area contributed by atoms with Crippen LogP contribution in [0.5, 0.6) is 0 Å². The SMILES string of the molecule is CCOC(=O)Nc1cccc(C(=O)N2CCC(C)Sc3ccccc32)c1. The first-order valence-corrected chi connectivity index (χ1v) is 9.58. The second kappa shape index (κ2) is 8.27. The molecule has 0 radical (unpaired) electrons. The van der Waals surface area contributed by atoms with Crippen LogP contribution in [0.2, 0.25) is 0 Å². The fourth-order valence-electron chi connectivity index (χ4n) is 2.87. The molecule has 0 saturated heterocycles. The van der Waals surface area contributed by atoms with Crippen molar-refractivity contribution in [2.75, 3.05) is 23.4 Å². The van der Waals surface area contributed by atoms with Gasteiger partial charge in [-0.3, -0.25) is 10.1 Å². The smallest absolute Gasteiger partial charge is 0.411 e. The number of carbonyl (C=O) groups is 2. The van der Waals surface area contributed by atoms with Gasteiger partial charge in [-0.2, -0.15) is 0 Å². The molecule has 6 heteroatoms. The monoisotopic (exact) mass is 370 g/mol. The third kappa shape index (κ3) is 4.19. The predicted octanol–water partition coefficient (Wildman–Crippen LogP) is 4.79. The third-order valence-electron chi connectivity index (χ3n) is 4.12. The van der Waals surface area contributed by atoms with E-state index in [2.05, 4.69) is 18.3 Å². The Bertz CT molecular complexity index is 809. The number of ether oxygens (including phenoxy) is 1. The lowest BCUT2D eigenvalue weighted by atomic mass is 10.1. The van der Waals surface area contributed by atoms with Crippen LogP contribution >= 0.6 is 11.8 Å². The number of thioether (sulfide) groups is 1. The molecule has 0 aliphatic carbocycles. The van der Waals surface area contributed by atoms with Crippen molar-refractivity contribution in [2.45, 2.75) is 30.4 Å². The van der Waals surface area contributed by atoms with Gasteiger partial charge in [0.2, 0.25) is 0 Å². The van der Waals surface area contributed by atoms with Gasteiger partial charge in [-0.1, -0.05) is 25.1 Å². The zero-order valence-corrected chi connectivity index (χ0v) is 15.7. The number of nitrogens with one attached hydrogen (secondary N) is 1. The van der Waals surface area contributed by atoms with E-state index in [1.54, 1.807) is 43.0 Å². The molecular weight excluding hydrogens is 348 g/mol. The van der Waals surface area contributed by atoms with Crippen molar-refractivity contribution in [3.05, 3.63) is 54.1 Å². The molecule has 2 aromatic carbocycles. The van der Waals surface area contributed by atoms with Crippen LogP contribution in [-0.2, 0) is 4.74 Å². The first-order valence-electron chi connectivity index (χ1n) is 8.70. The molecule has 3 rings (SSSR count). The minimum Gasteiger partial charge on any atom is -0.450 e. The zero-order valence-electron chi connectivity index (χ0n) is 14.9. The number of hydrogen-bond donors (Lipinski definition) is 1. The van der Waals surface area contributed by atoms with Crippen molar-refractivity contribution in [3.8, 4) is 0 Å². The quantitative estimate of drug-likeness (QED) is 0.844. The van der Waals surface area contributed by atoms with Gasteiger partial charge in [0.05, 0.1) is 12.3 Å². The summed E-state index contributed by atoms with van der Waals surface area (Å²) in [6.45, 7) is 4.89. The number of carbonyl (C=O) groups excluding carboxylic acids is 2. The molecule has 1 atom stereocenters. The molecule has 1 N–H and O–H groups in total. The average molecular weight is 370 g/mol. The first kappa shape index (κ1) is 18.3. The van der Waals surface area contributed by atoms with Gasteiger partial charge < -0.3 is 9.64 Å². The molecule has 2 amide bonds. The molecule has 0 saturated carbocycles. The highest BCUT2D eigenvalue weighted by molar-refractivity contribution is 8.00. The Morgan fingerprint density at radius 2 is 2.04 bits per heavy atom. The van der Waals surface area contributed by atoms with Gasteiger partial charge in [0, 0.05) is 27.9 Å². The van der Waals surface area contributed by atoms with Gasteiger partial charge in [-0.25, -0.2) is 4.79 Å². The van der Waals surface area contributed by atoms with Crippen LogP contribution in [0, 0.1) is 0 Å². The van der Waals surface area contributed by atoms with E-state index in [4.69, 9.17) is 4.74 Å². The standard InChI is InChI=1S/C20H22N2O3S/c1-3-25-20(24)21-16-8-6-7-15(13-16)19(23)22-12-11-14(2)26-18-10-5-4-9-17(18)22/h4-10,13-14H,3,11-12H2,1-2H3,(H,21,24). The molecule has 0 spiro atoms. The van der Waals surface area contributed by atoms with Gasteiger partial charge in [-0.15, -0.1) is 11.8 Å². The third-order valence-corrected chi connectivity index (χ3v) is 5.36. The molecule has 5 nitrogen and oxygen atoms in total. The average Bonchev–Trinajstić information content (AvgIpc) is 2.79. The van der Waals surface area contributed by atoms with Crippen LogP contribution in [0.25, 0.3) is 0 Å². The van der Waals surface area contributed by atoms with E-state index >= 15 is 0 Å². The second-order valence-electron chi connectivity index (χ2n) is 6.07. The molecule has 1 aliphatic heterocycles. The number of anilines is 2. The Labute approximate surface area is 157 Å². The molecule has 136 valence electrons. The van der Waals surface area contributed by atoms with Crippen LogP contribution in [0.15, 0.2) is 53.4 Å². The molecular formula is C20H22N2O3S. The summed E-state index contributed by atoms with van der Waals surface area (Å²) in [7, 11) is 0. The maximum atomic E-state index is 13.2. The van der Waals surface area contributed by atoms with Gasteiger partial charge in [0.1, 0.15) is 0 Å². The molecule has 0 fully saturated rings. The number of para-hydroxylation sites is 1. The summed E-state index contributed by atoms with van der Waals surface area (Å²) < 4.78 is 4.89. The molecule has 1 aliphatic rings. The number of amides is 2. The highest BCUT2D eigenvalue weighted by Gasteiger charge is 2.25. The molecule has 1 heterocycles. The Balaban J connectivity index is 1.86. The lowest BCUT2D eigenvalue weighted by Crippen LogP contribution is -2.32. The van der Waals surface area contributed by atoms with Gasteiger partial charge in [0.15, 0.2) is 0 Å². The van der Waals surface area contributed by atoms with Gasteiger partial charge in [-0.05, 0) is 43.7 Å². The van der Waals surface area contributed by atoms with E-state index in [0.717, 1.165) is 17.0 Å². The van der Waals surface area contributed by atoms with Crippen LogP contribution in [0.4, 0.5) is 16.2 Å².